The van der Waals surface area contributed by atoms with Crippen LogP contribution in [0.3, 0.4) is 0 Å². The molecule has 0 saturated carbocycles. The van der Waals surface area contributed by atoms with Gasteiger partial charge in [-0.3, -0.25) is 14.5 Å². The summed E-state index contributed by atoms with van der Waals surface area (Å²) in [4.78, 5) is 34.4. The number of morpholine rings is 1. The third-order valence-electron chi connectivity index (χ3n) is 5.08. The topological polar surface area (TPSA) is 87.3 Å². The van der Waals surface area contributed by atoms with Gasteiger partial charge in [0.15, 0.2) is 5.16 Å². The zero-order valence-electron chi connectivity index (χ0n) is 16.9. The maximum absolute atomic E-state index is 12.7. The summed E-state index contributed by atoms with van der Waals surface area (Å²) in [5.74, 6) is -0.0696. The molecule has 3 rings (SSSR count). The quantitative estimate of drug-likeness (QED) is 0.505. The van der Waals surface area contributed by atoms with Gasteiger partial charge in [-0.05, 0) is 25.2 Å². The number of nitrogens with one attached hydrogen (secondary N) is 2. The summed E-state index contributed by atoms with van der Waals surface area (Å²) >= 11 is 1.39. The molecule has 0 spiro atoms. The number of rotatable bonds is 8. The minimum atomic E-state index is -0.164. The van der Waals surface area contributed by atoms with E-state index in [1.807, 2.05) is 43.5 Å². The van der Waals surface area contributed by atoms with E-state index in [1.54, 1.807) is 0 Å². The van der Waals surface area contributed by atoms with E-state index < -0.39 is 0 Å². The molecule has 1 aliphatic heterocycles. The Labute approximate surface area is 175 Å². The summed E-state index contributed by atoms with van der Waals surface area (Å²) in [6, 6.07) is 9.90. The molecular weight excluding hydrogens is 388 g/mol. The number of aromatic nitrogens is 2. The van der Waals surface area contributed by atoms with Gasteiger partial charge in [-0.15, -0.1) is 0 Å². The number of benzene rings is 1. The normalized spacial score (nSPS) is 15.8. The highest BCUT2D eigenvalue weighted by molar-refractivity contribution is 7.98. The van der Waals surface area contributed by atoms with Gasteiger partial charge < -0.3 is 15.0 Å². The van der Waals surface area contributed by atoms with Gasteiger partial charge in [0, 0.05) is 37.3 Å². The molecule has 2 N–H and O–H groups in total. The Morgan fingerprint density at radius 1 is 1.31 bits per heavy atom. The van der Waals surface area contributed by atoms with Gasteiger partial charge in [0.2, 0.25) is 5.91 Å². The lowest BCUT2D eigenvalue weighted by Gasteiger charge is -2.31. The number of carbonyl (C=O) groups excluding carboxylic acids is 1. The van der Waals surface area contributed by atoms with Crippen LogP contribution in [0.1, 0.15) is 29.3 Å². The zero-order valence-corrected chi connectivity index (χ0v) is 17.8. The molecule has 1 aliphatic rings. The fourth-order valence-electron chi connectivity index (χ4n) is 3.44. The first-order valence-corrected chi connectivity index (χ1v) is 11.1. The minimum absolute atomic E-state index is 0.0696. The van der Waals surface area contributed by atoms with E-state index in [-0.39, 0.29) is 23.9 Å². The van der Waals surface area contributed by atoms with Crippen LogP contribution in [-0.2, 0) is 16.0 Å². The lowest BCUT2D eigenvalue weighted by Crippen LogP contribution is -2.43. The van der Waals surface area contributed by atoms with E-state index >= 15 is 0 Å². The van der Waals surface area contributed by atoms with E-state index in [0.29, 0.717) is 22.8 Å². The molecule has 7 nitrogen and oxygen atoms in total. The zero-order chi connectivity index (χ0) is 20.6. The molecule has 1 aromatic carbocycles. The maximum atomic E-state index is 12.7. The first kappa shape index (κ1) is 21.5. The standard InChI is InChI=1S/C21H28N4O3S/c1-15-17(20(27)24-21(22-15)29-2)8-9-19(26)23-18(16-6-4-3-5-7-16)14-25-10-12-28-13-11-25/h3-7,18H,8-14H2,1-2H3,(H,23,26)(H,22,24,27). The highest BCUT2D eigenvalue weighted by Gasteiger charge is 2.20. The lowest BCUT2D eigenvalue weighted by molar-refractivity contribution is -0.122. The van der Waals surface area contributed by atoms with Crippen LogP contribution in [0.2, 0.25) is 0 Å². The number of ether oxygens (including phenoxy) is 1. The molecule has 2 aromatic rings. The fourth-order valence-corrected chi connectivity index (χ4v) is 3.87. The van der Waals surface area contributed by atoms with Crippen molar-refractivity contribution in [3.8, 4) is 0 Å². The van der Waals surface area contributed by atoms with Gasteiger partial charge in [0.05, 0.1) is 19.3 Å². The number of thioether (sulfide) groups is 1. The summed E-state index contributed by atoms with van der Waals surface area (Å²) in [5.41, 5.74) is 2.16. The van der Waals surface area contributed by atoms with Crippen LogP contribution in [0.25, 0.3) is 0 Å². The molecule has 1 unspecified atom stereocenters. The Morgan fingerprint density at radius 3 is 2.69 bits per heavy atom. The van der Waals surface area contributed by atoms with Crippen LogP contribution in [0.4, 0.5) is 0 Å². The Morgan fingerprint density at radius 2 is 2.03 bits per heavy atom. The van der Waals surface area contributed by atoms with Crippen molar-refractivity contribution in [1.29, 1.82) is 0 Å². The summed E-state index contributed by atoms with van der Waals surface area (Å²) in [6.07, 6.45) is 2.48. The van der Waals surface area contributed by atoms with Crippen molar-refractivity contribution in [2.45, 2.75) is 31.0 Å². The summed E-state index contributed by atoms with van der Waals surface area (Å²) < 4.78 is 5.43. The Hall–Kier alpha value is -2.16. The van der Waals surface area contributed by atoms with Crippen molar-refractivity contribution in [3.63, 3.8) is 0 Å². The van der Waals surface area contributed by atoms with Gasteiger partial charge in [-0.2, -0.15) is 0 Å². The largest absolute Gasteiger partial charge is 0.379 e. The number of aromatic amines is 1. The number of hydrogen-bond acceptors (Lipinski definition) is 6. The molecule has 1 fully saturated rings. The van der Waals surface area contributed by atoms with E-state index in [9.17, 15) is 9.59 Å². The van der Waals surface area contributed by atoms with Crippen LogP contribution in [0.15, 0.2) is 40.3 Å². The van der Waals surface area contributed by atoms with Crippen LogP contribution in [0, 0.1) is 6.92 Å². The smallest absolute Gasteiger partial charge is 0.254 e. The SMILES string of the molecule is CSc1nc(C)c(CCC(=O)NC(CN2CCOCC2)c2ccccc2)c(=O)[nH]1. The average Bonchev–Trinajstić information content (AvgIpc) is 2.74. The number of H-pyrrole nitrogens is 1. The van der Waals surface area contributed by atoms with Gasteiger partial charge >= 0.3 is 0 Å². The van der Waals surface area contributed by atoms with Crippen LogP contribution >= 0.6 is 11.8 Å². The molecule has 0 bridgehead atoms. The van der Waals surface area contributed by atoms with Crippen molar-refractivity contribution in [1.82, 2.24) is 20.2 Å². The highest BCUT2D eigenvalue weighted by atomic mass is 32.2. The van der Waals surface area contributed by atoms with Crippen molar-refractivity contribution in [2.75, 3.05) is 39.1 Å². The van der Waals surface area contributed by atoms with Gasteiger partial charge in [0.25, 0.3) is 5.56 Å². The summed E-state index contributed by atoms with van der Waals surface area (Å²) in [5, 5.41) is 3.75. The van der Waals surface area contributed by atoms with Gasteiger partial charge in [0.1, 0.15) is 0 Å². The van der Waals surface area contributed by atoms with Crippen molar-refractivity contribution in [3.05, 3.63) is 57.5 Å². The van der Waals surface area contributed by atoms with Crippen molar-refractivity contribution in [2.24, 2.45) is 0 Å². The molecule has 1 atom stereocenters. The van der Waals surface area contributed by atoms with E-state index in [0.717, 1.165) is 38.4 Å². The molecule has 8 heteroatoms. The molecule has 0 radical (unpaired) electrons. The third-order valence-corrected chi connectivity index (χ3v) is 5.66. The first-order chi connectivity index (χ1) is 14.1. The van der Waals surface area contributed by atoms with Crippen molar-refractivity contribution < 1.29 is 9.53 Å². The number of amides is 1. The number of nitrogens with zero attached hydrogens (tertiary/aromatic N) is 2. The fraction of sp³-hybridized carbons (Fsp3) is 0.476. The predicted molar refractivity (Wildman–Crippen MR) is 114 cm³/mol. The molecule has 1 amide bonds. The summed E-state index contributed by atoms with van der Waals surface area (Å²) in [6.45, 7) is 5.71. The molecular formula is C21H28N4O3S. The molecule has 1 aromatic heterocycles. The van der Waals surface area contributed by atoms with E-state index in [4.69, 9.17) is 4.74 Å². The second-order valence-corrected chi connectivity index (χ2v) is 7.88. The third kappa shape index (κ3) is 6.16. The monoisotopic (exact) mass is 416 g/mol. The second kappa shape index (κ2) is 10.6. The Balaban J connectivity index is 1.64. The lowest BCUT2D eigenvalue weighted by atomic mass is 10.0. The molecule has 0 aliphatic carbocycles. The second-order valence-electron chi connectivity index (χ2n) is 7.08. The minimum Gasteiger partial charge on any atom is -0.379 e. The molecule has 1 saturated heterocycles. The number of aryl methyl sites for hydroxylation is 1. The number of hydrogen-bond donors (Lipinski definition) is 2. The summed E-state index contributed by atoms with van der Waals surface area (Å²) in [7, 11) is 0. The highest BCUT2D eigenvalue weighted by Crippen LogP contribution is 2.16. The van der Waals surface area contributed by atoms with Gasteiger partial charge in [-0.25, -0.2) is 4.98 Å². The van der Waals surface area contributed by atoms with Gasteiger partial charge in [-0.1, -0.05) is 42.1 Å². The van der Waals surface area contributed by atoms with E-state index in [1.165, 1.54) is 11.8 Å². The molecule has 156 valence electrons. The van der Waals surface area contributed by atoms with Crippen LogP contribution in [0.5, 0.6) is 0 Å². The Bertz CT molecular complexity index is 866. The maximum Gasteiger partial charge on any atom is 0.254 e. The van der Waals surface area contributed by atoms with E-state index in [2.05, 4.69) is 20.2 Å². The average molecular weight is 417 g/mol. The Kier molecular flexibility index (Phi) is 7.85. The molecule has 29 heavy (non-hydrogen) atoms. The molecule has 2 heterocycles. The predicted octanol–water partition coefficient (Wildman–Crippen LogP) is 1.92. The van der Waals surface area contributed by atoms with Crippen LogP contribution in [-0.4, -0.2) is 59.9 Å². The van der Waals surface area contributed by atoms with Crippen molar-refractivity contribution >= 4 is 17.7 Å². The van der Waals surface area contributed by atoms with Crippen LogP contribution < -0.4 is 10.9 Å². The first-order valence-electron chi connectivity index (χ1n) is 9.85. The number of carbonyl (C=O) groups is 1.